The Hall–Kier alpha value is -4.22. The van der Waals surface area contributed by atoms with Crippen molar-refractivity contribution in [2.24, 2.45) is 5.92 Å². The van der Waals surface area contributed by atoms with E-state index in [9.17, 15) is 28.8 Å². The number of carbonyl (C=O) groups excluding carboxylic acids is 6. The molecule has 0 spiro atoms. The van der Waals surface area contributed by atoms with E-state index in [0.29, 0.717) is 74.4 Å². The number of Topliss-reactive ketones (excluding diaryl/α,β-unsaturated/α-hetero) is 1. The number of ether oxygens (including phenoxy) is 1. The summed E-state index contributed by atoms with van der Waals surface area (Å²) in [5, 5.41) is 9.52. The number of nitrogens with one attached hydrogen (secondary N) is 3. The normalized spacial score (nSPS) is 22.8. The van der Waals surface area contributed by atoms with E-state index in [1.807, 2.05) is 32.9 Å². The van der Waals surface area contributed by atoms with Gasteiger partial charge in [0.1, 0.15) is 35.6 Å². The molecule has 2 fully saturated rings. The first-order chi connectivity index (χ1) is 23.7. The van der Waals surface area contributed by atoms with Crippen LogP contribution in [-0.4, -0.2) is 81.3 Å². The van der Waals surface area contributed by atoms with Gasteiger partial charge in [-0.3, -0.25) is 28.5 Å². The quantitative estimate of drug-likeness (QED) is 0.286. The van der Waals surface area contributed by atoms with Gasteiger partial charge in [-0.05, 0) is 70.4 Å². The molecule has 3 N–H and O–H groups in total. The fourth-order valence-corrected chi connectivity index (χ4v) is 6.72. The molecule has 2 aromatic rings. The number of unbranched alkanes of at least 4 members (excludes halogenated alkanes) is 2. The fraction of sp³-hybridized carbons (Fsp3) is 0.632. The second kappa shape index (κ2) is 17.1. The third-order valence-corrected chi connectivity index (χ3v) is 9.78. The van der Waals surface area contributed by atoms with Crippen molar-refractivity contribution in [1.29, 1.82) is 0 Å². The molecule has 2 saturated heterocycles. The largest absolute Gasteiger partial charge is 0.443 e. The number of hydrogen-bond acceptors (Lipinski definition) is 7. The number of piperidine rings is 1. The van der Waals surface area contributed by atoms with Crippen LogP contribution in [0.5, 0.6) is 0 Å². The summed E-state index contributed by atoms with van der Waals surface area (Å²) in [6, 6.07) is 3.54. The van der Waals surface area contributed by atoms with Crippen LogP contribution in [0.2, 0.25) is 0 Å². The number of ketones is 1. The smallest absolute Gasteiger partial charge is 0.419 e. The van der Waals surface area contributed by atoms with Gasteiger partial charge in [-0.25, -0.2) is 4.79 Å². The lowest BCUT2D eigenvalue weighted by Gasteiger charge is -2.39. The predicted octanol–water partition coefficient (Wildman–Crippen LogP) is 4.79. The Morgan fingerprint density at radius 1 is 0.920 bits per heavy atom. The number of amides is 4. The van der Waals surface area contributed by atoms with Crippen LogP contribution in [0.4, 0.5) is 4.79 Å². The van der Waals surface area contributed by atoms with Gasteiger partial charge in [-0.2, -0.15) is 0 Å². The molecule has 1 aromatic carbocycles. The lowest BCUT2D eigenvalue weighted by molar-refractivity contribution is -0.147. The van der Waals surface area contributed by atoms with Gasteiger partial charge >= 0.3 is 6.09 Å². The standard InChI is InChI=1S/C38H55N5O7/c1-7-24(3)32-36(48)42-21-15-14-20-31(42)35(47)39-28(18-11-9-10-16-26(44)8-2)33(45)40-29(34(46)41-32)22-25-23-43(37(49)50-38(4,5)6)30-19-13-12-17-27(25)30/h12-13,17,19,23-24,28-29,31-32H,7-11,14-16,18,20-22H2,1-6H3,(H,39,47)(H,40,45)(H,41,46)/t24-,28-,29-,31+,32-/m0/s1. The summed E-state index contributed by atoms with van der Waals surface area (Å²) in [6.45, 7) is 11.4. The molecule has 2 aliphatic rings. The Labute approximate surface area is 295 Å². The van der Waals surface area contributed by atoms with Crippen molar-refractivity contribution in [1.82, 2.24) is 25.4 Å². The van der Waals surface area contributed by atoms with Crippen molar-refractivity contribution in [3.8, 4) is 0 Å². The molecule has 50 heavy (non-hydrogen) atoms. The highest BCUT2D eigenvalue weighted by Gasteiger charge is 2.41. The molecule has 12 heteroatoms. The SMILES string of the molecule is CCC(=O)CCCCC[C@@H]1NC(=O)[C@H]2CCCCN2C(=O)[C@H]([C@@H](C)CC)NC(=O)[C@H](Cc2cn(C(=O)OC(C)(C)C)c3ccccc23)NC1=O. The van der Waals surface area contributed by atoms with Gasteiger partial charge < -0.3 is 25.6 Å². The van der Waals surface area contributed by atoms with E-state index >= 15 is 0 Å². The first-order valence-electron chi connectivity index (χ1n) is 18.3. The first-order valence-corrected chi connectivity index (χ1v) is 18.3. The lowest BCUT2D eigenvalue weighted by atomic mass is 9.93. The van der Waals surface area contributed by atoms with Gasteiger partial charge in [0, 0.05) is 37.4 Å². The maximum atomic E-state index is 14.2. The van der Waals surface area contributed by atoms with Crippen molar-refractivity contribution >= 4 is 46.4 Å². The molecule has 1 aromatic heterocycles. The van der Waals surface area contributed by atoms with Crippen molar-refractivity contribution in [2.75, 3.05) is 6.54 Å². The summed E-state index contributed by atoms with van der Waals surface area (Å²) in [4.78, 5) is 82.9. The van der Waals surface area contributed by atoms with Crippen molar-refractivity contribution in [2.45, 2.75) is 142 Å². The first kappa shape index (κ1) is 38.6. The predicted molar refractivity (Wildman–Crippen MR) is 190 cm³/mol. The zero-order valence-electron chi connectivity index (χ0n) is 30.5. The Balaban J connectivity index is 1.70. The van der Waals surface area contributed by atoms with Crippen LogP contribution in [0.3, 0.4) is 0 Å². The average molecular weight is 694 g/mol. The van der Waals surface area contributed by atoms with E-state index < -0.39 is 47.7 Å². The summed E-state index contributed by atoms with van der Waals surface area (Å²) in [5.41, 5.74) is 0.481. The minimum absolute atomic E-state index is 0.0153. The molecular weight excluding hydrogens is 638 g/mol. The van der Waals surface area contributed by atoms with Crippen LogP contribution in [0, 0.1) is 5.92 Å². The Morgan fingerprint density at radius 3 is 2.32 bits per heavy atom. The molecule has 0 bridgehead atoms. The highest BCUT2D eigenvalue weighted by atomic mass is 16.6. The molecule has 12 nitrogen and oxygen atoms in total. The molecule has 4 rings (SSSR count). The van der Waals surface area contributed by atoms with Gasteiger partial charge in [-0.15, -0.1) is 0 Å². The minimum Gasteiger partial charge on any atom is -0.443 e. The Bertz CT molecular complexity index is 1560. The number of hydrogen-bond donors (Lipinski definition) is 3. The number of para-hydroxylation sites is 1. The highest BCUT2D eigenvalue weighted by molar-refractivity contribution is 5.98. The fourth-order valence-electron chi connectivity index (χ4n) is 6.72. The summed E-state index contributed by atoms with van der Waals surface area (Å²) in [7, 11) is 0. The molecule has 0 saturated carbocycles. The lowest BCUT2D eigenvalue weighted by Crippen LogP contribution is -2.64. The second-order valence-corrected chi connectivity index (χ2v) is 14.8. The van der Waals surface area contributed by atoms with E-state index in [2.05, 4.69) is 16.0 Å². The molecule has 3 heterocycles. The second-order valence-electron chi connectivity index (χ2n) is 14.8. The third kappa shape index (κ3) is 9.72. The summed E-state index contributed by atoms with van der Waals surface area (Å²) in [6.07, 6.45) is 6.86. The number of nitrogens with zero attached hydrogens (tertiary/aromatic N) is 2. The molecular formula is C38H55N5O7. The van der Waals surface area contributed by atoms with Crippen LogP contribution < -0.4 is 16.0 Å². The van der Waals surface area contributed by atoms with E-state index in [1.54, 1.807) is 44.0 Å². The Kier molecular flexibility index (Phi) is 13.2. The van der Waals surface area contributed by atoms with Gasteiger partial charge in [0.2, 0.25) is 23.6 Å². The van der Waals surface area contributed by atoms with E-state index in [1.165, 1.54) is 4.57 Å². The van der Waals surface area contributed by atoms with Crippen molar-refractivity contribution < 1.29 is 33.5 Å². The van der Waals surface area contributed by atoms with Crippen LogP contribution in [0.25, 0.3) is 10.9 Å². The molecule has 4 amide bonds. The van der Waals surface area contributed by atoms with Crippen molar-refractivity contribution in [3.05, 3.63) is 36.0 Å². The maximum Gasteiger partial charge on any atom is 0.419 e. The van der Waals surface area contributed by atoms with Crippen LogP contribution in [0.1, 0.15) is 111 Å². The number of carbonyl (C=O) groups is 6. The third-order valence-electron chi connectivity index (χ3n) is 9.78. The number of benzene rings is 1. The molecule has 0 radical (unpaired) electrons. The molecule has 0 aliphatic carbocycles. The minimum atomic E-state index is -1.13. The Morgan fingerprint density at radius 2 is 1.62 bits per heavy atom. The van der Waals surface area contributed by atoms with Crippen LogP contribution in [0.15, 0.2) is 30.5 Å². The number of rotatable bonds is 11. The van der Waals surface area contributed by atoms with E-state index in [4.69, 9.17) is 4.74 Å². The summed E-state index contributed by atoms with van der Waals surface area (Å²) < 4.78 is 7.05. The molecule has 2 aliphatic heterocycles. The average Bonchev–Trinajstić information content (AvgIpc) is 3.45. The molecule has 0 unspecified atom stereocenters. The topological polar surface area (TPSA) is 156 Å². The van der Waals surface area contributed by atoms with E-state index in [-0.39, 0.29) is 29.9 Å². The van der Waals surface area contributed by atoms with E-state index in [0.717, 1.165) is 12.8 Å². The van der Waals surface area contributed by atoms with Gasteiger partial charge in [-0.1, -0.05) is 58.2 Å². The number of fused-ring (bicyclic) bond motifs is 2. The summed E-state index contributed by atoms with van der Waals surface area (Å²) >= 11 is 0. The van der Waals surface area contributed by atoms with Gasteiger partial charge in [0.15, 0.2) is 0 Å². The van der Waals surface area contributed by atoms with Crippen LogP contribution >= 0.6 is 0 Å². The van der Waals surface area contributed by atoms with Gasteiger partial charge in [0.25, 0.3) is 0 Å². The molecule has 274 valence electrons. The maximum absolute atomic E-state index is 14.2. The van der Waals surface area contributed by atoms with Gasteiger partial charge in [0.05, 0.1) is 5.52 Å². The monoisotopic (exact) mass is 693 g/mol. The number of aromatic nitrogens is 1. The molecule has 5 atom stereocenters. The highest BCUT2D eigenvalue weighted by Crippen LogP contribution is 2.26. The summed E-state index contributed by atoms with van der Waals surface area (Å²) in [5.74, 6) is -1.78. The zero-order chi connectivity index (χ0) is 36.6. The zero-order valence-corrected chi connectivity index (χ0v) is 30.5. The van der Waals surface area contributed by atoms with Crippen molar-refractivity contribution in [3.63, 3.8) is 0 Å². The van der Waals surface area contributed by atoms with Crippen LogP contribution in [-0.2, 0) is 35.1 Å².